The fourth-order valence-electron chi connectivity index (χ4n) is 2.28. The number of nitrogens with two attached hydrogens (primary N) is 1. The van der Waals surface area contributed by atoms with Gasteiger partial charge in [0.25, 0.3) is 0 Å². The summed E-state index contributed by atoms with van der Waals surface area (Å²) in [7, 11) is -1.82. The van der Waals surface area contributed by atoms with E-state index in [-0.39, 0.29) is 17.0 Å². The van der Waals surface area contributed by atoms with Crippen molar-refractivity contribution in [1.29, 1.82) is 0 Å². The molecule has 6 nitrogen and oxygen atoms in total. The molecule has 0 heterocycles. The van der Waals surface area contributed by atoms with Crippen LogP contribution in [0.25, 0.3) is 0 Å². The molecule has 19 heavy (non-hydrogen) atoms. The minimum atomic E-state index is -3.47. The van der Waals surface area contributed by atoms with Gasteiger partial charge >= 0.3 is 0 Å². The van der Waals surface area contributed by atoms with Gasteiger partial charge in [-0.1, -0.05) is 0 Å². The smallest absolute Gasteiger partial charge is 0.240 e. The molecule has 4 N–H and O–H groups in total. The van der Waals surface area contributed by atoms with E-state index in [1.807, 2.05) is 0 Å². The predicted molar refractivity (Wildman–Crippen MR) is 73.0 cm³/mol. The van der Waals surface area contributed by atoms with E-state index in [2.05, 4.69) is 10.1 Å². The average molecular weight is 285 g/mol. The second-order valence-electron chi connectivity index (χ2n) is 4.66. The van der Waals surface area contributed by atoms with Crippen LogP contribution in [0.5, 0.6) is 0 Å². The third-order valence-corrected chi connectivity index (χ3v) is 4.91. The fraction of sp³-hybridized carbons (Fsp3) is 0.500. The normalized spacial score (nSPS) is 23.5. The van der Waals surface area contributed by atoms with Crippen molar-refractivity contribution in [1.82, 2.24) is 4.72 Å². The fourth-order valence-corrected chi connectivity index (χ4v) is 3.56. The van der Waals surface area contributed by atoms with Crippen LogP contribution in [0.4, 0.5) is 5.69 Å². The minimum Gasteiger partial charge on any atom is -0.381 e. The zero-order valence-corrected chi connectivity index (χ0v) is 11.6. The average Bonchev–Trinajstić information content (AvgIpc) is 2.85. The first-order valence-electron chi connectivity index (χ1n) is 6.17. The molecule has 2 atom stereocenters. The number of hydrogen-bond acceptors (Lipinski definition) is 5. The summed E-state index contributed by atoms with van der Waals surface area (Å²) in [6.45, 7) is 0. The Bertz CT molecular complexity index is 516. The molecule has 0 aliphatic heterocycles. The molecule has 1 aromatic rings. The Morgan fingerprint density at radius 2 is 1.95 bits per heavy atom. The lowest BCUT2D eigenvalue weighted by Gasteiger charge is -2.13. The summed E-state index contributed by atoms with van der Waals surface area (Å²) >= 11 is 0. The molecule has 1 fully saturated rings. The highest BCUT2D eigenvalue weighted by Gasteiger charge is 2.28. The first-order valence-corrected chi connectivity index (χ1v) is 7.65. The van der Waals surface area contributed by atoms with Gasteiger partial charge in [-0.15, -0.1) is 0 Å². The van der Waals surface area contributed by atoms with Gasteiger partial charge in [-0.25, -0.2) is 13.1 Å². The van der Waals surface area contributed by atoms with Gasteiger partial charge in [0, 0.05) is 18.8 Å². The van der Waals surface area contributed by atoms with Crippen LogP contribution < -0.4 is 16.0 Å². The zero-order chi connectivity index (χ0) is 13.9. The third-order valence-electron chi connectivity index (χ3n) is 3.37. The number of sulfonamides is 1. The molecular weight excluding hydrogens is 266 g/mol. The summed E-state index contributed by atoms with van der Waals surface area (Å²) in [6, 6.07) is 6.25. The highest BCUT2D eigenvalue weighted by atomic mass is 32.2. The van der Waals surface area contributed by atoms with Crippen molar-refractivity contribution in [3.05, 3.63) is 24.3 Å². The Morgan fingerprint density at radius 1 is 1.26 bits per heavy atom. The Kier molecular flexibility index (Phi) is 4.41. The number of nitrogens with one attached hydrogen (secondary N) is 2. The maximum atomic E-state index is 12.2. The summed E-state index contributed by atoms with van der Waals surface area (Å²) in [5, 5.41) is 0. The largest absolute Gasteiger partial charge is 0.381 e. The third kappa shape index (κ3) is 3.44. The summed E-state index contributed by atoms with van der Waals surface area (Å²) in [6.07, 6.45) is 2.56. The van der Waals surface area contributed by atoms with Crippen LogP contribution in [0.2, 0.25) is 0 Å². The lowest BCUT2D eigenvalue weighted by atomic mass is 10.3. The molecular formula is C12H19N3O3S. The zero-order valence-electron chi connectivity index (χ0n) is 10.8. The SMILES string of the molecule is COC1CCC(NS(=O)(=O)c2ccc(NN)cc2)C1. The molecule has 1 aliphatic carbocycles. The van der Waals surface area contributed by atoms with Crippen molar-refractivity contribution >= 4 is 15.7 Å². The quantitative estimate of drug-likeness (QED) is 0.550. The van der Waals surface area contributed by atoms with Crippen LogP contribution in [0, 0.1) is 0 Å². The molecule has 0 spiro atoms. The molecule has 0 amide bonds. The number of anilines is 1. The number of methoxy groups -OCH3 is 1. The van der Waals surface area contributed by atoms with Gasteiger partial charge in [-0.2, -0.15) is 0 Å². The van der Waals surface area contributed by atoms with Crippen LogP contribution in [0.15, 0.2) is 29.2 Å². The molecule has 0 saturated heterocycles. The molecule has 106 valence electrons. The van der Waals surface area contributed by atoms with Gasteiger partial charge in [0.2, 0.25) is 10.0 Å². The molecule has 7 heteroatoms. The molecule has 0 radical (unpaired) electrons. The van der Waals surface area contributed by atoms with Crippen LogP contribution in [-0.4, -0.2) is 27.7 Å². The summed E-state index contributed by atoms with van der Waals surface area (Å²) in [5.41, 5.74) is 3.13. The standard InChI is InChI=1S/C12H19N3O3S/c1-18-11-5-2-10(8-11)15-19(16,17)12-6-3-9(14-13)4-7-12/h3-4,6-7,10-11,14-15H,2,5,8,13H2,1H3. The van der Waals surface area contributed by atoms with E-state index in [0.717, 1.165) is 19.3 Å². The van der Waals surface area contributed by atoms with Gasteiger partial charge in [0.05, 0.1) is 11.0 Å². The van der Waals surface area contributed by atoms with E-state index >= 15 is 0 Å². The molecule has 0 bridgehead atoms. The first-order chi connectivity index (χ1) is 9.05. The van der Waals surface area contributed by atoms with Crippen LogP contribution in [-0.2, 0) is 14.8 Å². The van der Waals surface area contributed by atoms with Crippen molar-refractivity contribution in [2.45, 2.75) is 36.3 Å². The number of benzene rings is 1. The van der Waals surface area contributed by atoms with E-state index in [0.29, 0.717) is 5.69 Å². The van der Waals surface area contributed by atoms with Crippen molar-refractivity contribution in [2.75, 3.05) is 12.5 Å². The van der Waals surface area contributed by atoms with E-state index in [4.69, 9.17) is 10.6 Å². The first kappa shape index (κ1) is 14.3. The van der Waals surface area contributed by atoms with E-state index in [1.54, 1.807) is 19.2 Å². The molecule has 1 aliphatic rings. The van der Waals surface area contributed by atoms with Crippen LogP contribution in [0.3, 0.4) is 0 Å². The summed E-state index contributed by atoms with van der Waals surface area (Å²) in [4.78, 5) is 0.243. The van der Waals surface area contributed by atoms with Gasteiger partial charge in [0.1, 0.15) is 0 Å². The second kappa shape index (κ2) is 5.87. The topological polar surface area (TPSA) is 93.4 Å². The number of ether oxygens (including phenoxy) is 1. The maximum absolute atomic E-state index is 12.2. The van der Waals surface area contributed by atoms with Gasteiger partial charge in [0.15, 0.2) is 0 Å². The number of hydrazine groups is 1. The van der Waals surface area contributed by atoms with E-state index in [1.165, 1.54) is 12.1 Å². The lowest BCUT2D eigenvalue weighted by molar-refractivity contribution is 0.107. The van der Waals surface area contributed by atoms with Crippen molar-refractivity contribution in [3.8, 4) is 0 Å². The Hall–Kier alpha value is -1.15. The van der Waals surface area contributed by atoms with Crippen molar-refractivity contribution < 1.29 is 13.2 Å². The van der Waals surface area contributed by atoms with Gasteiger partial charge in [-0.05, 0) is 43.5 Å². The van der Waals surface area contributed by atoms with E-state index < -0.39 is 10.0 Å². The number of hydrogen-bond donors (Lipinski definition) is 3. The molecule has 2 rings (SSSR count). The van der Waals surface area contributed by atoms with Crippen molar-refractivity contribution in [2.24, 2.45) is 5.84 Å². The van der Waals surface area contributed by atoms with Gasteiger partial charge in [-0.3, -0.25) is 5.84 Å². The molecule has 1 saturated carbocycles. The maximum Gasteiger partial charge on any atom is 0.240 e. The van der Waals surface area contributed by atoms with Crippen molar-refractivity contribution in [3.63, 3.8) is 0 Å². The summed E-state index contributed by atoms with van der Waals surface area (Å²) < 4.78 is 32.3. The monoisotopic (exact) mass is 285 g/mol. The minimum absolute atomic E-state index is 0.0535. The second-order valence-corrected chi connectivity index (χ2v) is 6.37. The van der Waals surface area contributed by atoms with Crippen LogP contribution >= 0.6 is 0 Å². The highest BCUT2D eigenvalue weighted by molar-refractivity contribution is 7.89. The Morgan fingerprint density at radius 3 is 2.47 bits per heavy atom. The highest BCUT2D eigenvalue weighted by Crippen LogP contribution is 2.23. The summed E-state index contributed by atoms with van der Waals surface area (Å²) in [5.74, 6) is 5.24. The van der Waals surface area contributed by atoms with Crippen LogP contribution in [0.1, 0.15) is 19.3 Å². The number of nitrogen functional groups attached to an aromatic ring is 1. The molecule has 0 aromatic heterocycles. The molecule has 2 unspecified atom stereocenters. The Labute approximate surface area is 113 Å². The predicted octanol–water partition coefficient (Wildman–Crippen LogP) is 0.818. The van der Waals surface area contributed by atoms with E-state index in [9.17, 15) is 8.42 Å². The Balaban J connectivity index is 2.05. The lowest BCUT2D eigenvalue weighted by Crippen LogP contribution is -2.33. The number of rotatable bonds is 5. The molecule has 1 aromatic carbocycles. The van der Waals surface area contributed by atoms with Gasteiger partial charge < -0.3 is 10.2 Å².